The number of unbranched alkanes of at least 4 members (excludes halogenated alkanes) is 34. The summed E-state index contributed by atoms with van der Waals surface area (Å²) in [4.78, 5) is 25.3. The quantitative estimate of drug-likeness (QED) is 0.0211. The second-order valence-corrected chi connectivity index (χ2v) is 19.2. The van der Waals surface area contributed by atoms with Gasteiger partial charge in [-0.05, 0) is 76.3 Å². The topological polar surface area (TPSA) is 110 Å². The molecule has 0 radical (unpaired) electrons. The molecule has 0 atom stereocenters. The van der Waals surface area contributed by atoms with Crippen molar-refractivity contribution in [1.29, 1.82) is 0 Å². The molecule has 63 heavy (non-hydrogen) atoms. The van der Waals surface area contributed by atoms with Crippen LogP contribution in [-0.4, -0.2) is 38.1 Å². The van der Waals surface area contributed by atoms with Crippen LogP contribution >= 0.6 is 0 Å². The number of ether oxygens (including phenoxy) is 2. The standard InChI is InChI=1S/C54H94O7S.K/c1-3-5-7-9-11-13-15-17-19-21-23-25-27-29-31-33-35-37-39-41-43-48-60-53(55)50-46-45-47-51(62(57,58)59)52(50)54(56)61-49-44-42-40-38-36-34-32-30-28-26-24-22-20-18-16-14-12-10-8-6-4-2;/h27-30,45-47H,3-26,31-44,48-49H2,1-2H3,(H,57,58,59);/q;+1/p-1/b29-27+,30-28+;. The third-order valence-corrected chi connectivity index (χ3v) is 12.9. The maximum Gasteiger partial charge on any atom is 1.00 e. The maximum atomic E-state index is 13.1. The number of benzene rings is 1. The van der Waals surface area contributed by atoms with Crippen LogP contribution in [-0.2, 0) is 19.6 Å². The normalized spacial score (nSPS) is 11.7. The molecule has 0 unspecified atom stereocenters. The second kappa shape index (κ2) is 46.3. The SMILES string of the molecule is CCCCCCCCCCCCC/C=C/CCCCCCCCOC(=O)c1cccc(S(=O)(=O)[O-])c1C(=O)OCCCCCCCC/C=C/CCCCCCCCCCCCC.[K+]. The average Bonchev–Trinajstić information content (AvgIpc) is 3.26. The molecule has 0 aromatic heterocycles. The van der Waals surface area contributed by atoms with Crippen molar-refractivity contribution in [3.8, 4) is 0 Å². The van der Waals surface area contributed by atoms with E-state index in [1.807, 2.05) is 0 Å². The molecule has 0 N–H and O–H groups in total. The van der Waals surface area contributed by atoms with Crippen molar-refractivity contribution in [2.45, 2.75) is 263 Å². The van der Waals surface area contributed by atoms with Crippen LogP contribution < -0.4 is 51.4 Å². The average molecular weight is 925 g/mol. The molecule has 1 aromatic carbocycles. The van der Waals surface area contributed by atoms with Crippen molar-refractivity contribution in [2.75, 3.05) is 13.2 Å². The van der Waals surface area contributed by atoms with E-state index in [-0.39, 0.29) is 70.2 Å². The monoisotopic (exact) mass is 925 g/mol. The molecule has 0 bridgehead atoms. The Morgan fingerprint density at radius 3 is 1.05 bits per heavy atom. The molecular weight excluding hydrogens is 832 g/mol. The Morgan fingerprint density at radius 2 is 0.730 bits per heavy atom. The van der Waals surface area contributed by atoms with Gasteiger partial charge in [0.25, 0.3) is 0 Å². The zero-order chi connectivity index (χ0) is 45.0. The van der Waals surface area contributed by atoms with E-state index in [0.717, 1.165) is 63.9 Å². The summed E-state index contributed by atoms with van der Waals surface area (Å²) in [6.07, 6.45) is 56.2. The van der Waals surface area contributed by atoms with Crippen LogP contribution in [0.15, 0.2) is 47.4 Å². The fraction of sp³-hybridized carbons (Fsp3) is 0.778. The number of hydrogen-bond donors (Lipinski definition) is 0. The summed E-state index contributed by atoms with van der Waals surface area (Å²) in [5.74, 6) is -1.82. The molecule has 0 fully saturated rings. The number of carbonyl (C=O) groups is 2. The molecule has 358 valence electrons. The first-order chi connectivity index (χ1) is 30.3. The summed E-state index contributed by atoms with van der Waals surface area (Å²) in [5, 5.41) is 0. The molecule has 0 saturated carbocycles. The predicted molar refractivity (Wildman–Crippen MR) is 260 cm³/mol. The molecule has 0 amide bonds. The van der Waals surface area contributed by atoms with Gasteiger partial charge in [-0.15, -0.1) is 0 Å². The van der Waals surface area contributed by atoms with Gasteiger partial charge in [0.1, 0.15) is 10.1 Å². The fourth-order valence-corrected chi connectivity index (χ4v) is 8.76. The molecule has 0 aliphatic heterocycles. The molecular formula is C54H93KO7S. The molecule has 0 saturated heterocycles. The van der Waals surface area contributed by atoms with Crippen LogP contribution in [0.4, 0.5) is 0 Å². The summed E-state index contributed by atoms with van der Waals surface area (Å²) in [6.45, 7) is 4.78. The van der Waals surface area contributed by atoms with Crippen LogP contribution in [0.2, 0.25) is 0 Å². The third-order valence-electron chi connectivity index (χ3n) is 12.0. The molecule has 7 nitrogen and oxygen atoms in total. The van der Waals surface area contributed by atoms with E-state index in [4.69, 9.17) is 9.47 Å². The van der Waals surface area contributed by atoms with E-state index in [1.54, 1.807) is 0 Å². The van der Waals surface area contributed by atoms with E-state index in [9.17, 15) is 22.6 Å². The number of esters is 2. The molecule has 1 rings (SSSR count). The summed E-state index contributed by atoms with van der Waals surface area (Å²) in [5.41, 5.74) is -0.784. The van der Waals surface area contributed by atoms with Crippen LogP contribution in [0.25, 0.3) is 0 Å². The zero-order valence-corrected chi connectivity index (χ0v) is 45.0. The summed E-state index contributed by atoms with van der Waals surface area (Å²) >= 11 is 0. The molecule has 0 heterocycles. The first-order valence-corrected chi connectivity index (χ1v) is 27.5. The van der Waals surface area contributed by atoms with E-state index in [0.29, 0.717) is 12.8 Å². The van der Waals surface area contributed by atoms with Crippen molar-refractivity contribution in [1.82, 2.24) is 0 Å². The Kier molecular flexibility index (Phi) is 45.7. The Morgan fingerprint density at radius 1 is 0.444 bits per heavy atom. The Balaban J connectivity index is 0.0000384. The van der Waals surface area contributed by atoms with Gasteiger partial charge >= 0.3 is 63.3 Å². The van der Waals surface area contributed by atoms with Crippen molar-refractivity contribution in [3.05, 3.63) is 53.6 Å². The van der Waals surface area contributed by atoms with Gasteiger partial charge in [0.15, 0.2) is 0 Å². The molecule has 0 aliphatic carbocycles. The minimum atomic E-state index is -5.02. The van der Waals surface area contributed by atoms with Gasteiger partial charge in [-0.2, -0.15) is 0 Å². The van der Waals surface area contributed by atoms with E-state index in [2.05, 4.69) is 38.2 Å². The van der Waals surface area contributed by atoms with Crippen LogP contribution in [0.3, 0.4) is 0 Å². The van der Waals surface area contributed by atoms with E-state index >= 15 is 0 Å². The number of hydrogen-bond acceptors (Lipinski definition) is 7. The maximum absolute atomic E-state index is 13.1. The number of carbonyl (C=O) groups excluding carboxylic acids is 2. The van der Waals surface area contributed by atoms with Crippen molar-refractivity contribution in [3.63, 3.8) is 0 Å². The predicted octanol–water partition coefficient (Wildman–Crippen LogP) is 13.9. The Hall–Kier alpha value is -0.814. The van der Waals surface area contributed by atoms with Gasteiger partial charge in [-0.3, -0.25) is 0 Å². The smallest absolute Gasteiger partial charge is 0.744 e. The van der Waals surface area contributed by atoms with Crippen molar-refractivity contribution < 1.29 is 83.4 Å². The first kappa shape index (κ1) is 62.2. The first-order valence-electron chi connectivity index (χ1n) is 26.1. The Labute approximate surface area is 431 Å². The van der Waals surface area contributed by atoms with Gasteiger partial charge in [-0.1, -0.05) is 224 Å². The van der Waals surface area contributed by atoms with Crippen molar-refractivity contribution >= 4 is 22.1 Å². The third kappa shape index (κ3) is 37.9. The van der Waals surface area contributed by atoms with E-state index < -0.39 is 32.5 Å². The molecule has 9 heteroatoms. The van der Waals surface area contributed by atoms with Crippen LogP contribution in [0.1, 0.15) is 279 Å². The van der Waals surface area contributed by atoms with Gasteiger partial charge in [0, 0.05) is 0 Å². The van der Waals surface area contributed by atoms with Gasteiger partial charge in [-0.25, -0.2) is 18.0 Å². The van der Waals surface area contributed by atoms with Crippen LogP contribution in [0.5, 0.6) is 0 Å². The number of rotatable bonds is 45. The molecule has 0 spiro atoms. The second-order valence-electron chi connectivity index (χ2n) is 17.8. The fourth-order valence-electron chi connectivity index (χ4n) is 8.07. The molecule has 1 aromatic rings. The van der Waals surface area contributed by atoms with Gasteiger partial charge in [0.2, 0.25) is 0 Å². The van der Waals surface area contributed by atoms with Crippen molar-refractivity contribution in [2.24, 2.45) is 0 Å². The molecule has 0 aliphatic rings. The Bertz CT molecular complexity index is 1380. The minimum Gasteiger partial charge on any atom is -0.744 e. The van der Waals surface area contributed by atoms with Gasteiger partial charge in [0.05, 0.1) is 29.2 Å². The summed E-state index contributed by atoms with van der Waals surface area (Å²) in [6, 6.07) is 3.63. The minimum absolute atomic E-state index is 0. The summed E-state index contributed by atoms with van der Waals surface area (Å²) in [7, 11) is -5.02. The number of allylic oxidation sites excluding steroid dienone is 4. The van der Waals surface area contributed by atoms with E-state index in [1.165, 1.54) is 185 Å². The van der Waals surface area contributed by atoms with Gasteiger partial charge < -0.3 is 14.0 Å². The van der Waals surface area contributed by atoms with Crippen LogP contribution in [0, 0.1) is 0 Å². The summed E-state index contributed by atoms with van der Waals surface area (Å²) < 4.78 is 46.9. The zero-order valence-electron chi connectivity index (χ0n) is 41.1. The largest absolute Gasteiger partial charge is 1.00 e.